The predicted molar refractivity (Wildman–Crippen MR) is 140 cm³/mol. The van der Waals surface area contributed by atoms with E-state index >= 15 is 0 Å². The number of aliphatic hydroxyl groups is 2. The normalized spacial score (nSPS) is 29.5. The molecule has 1 spiro atoms. The molecule has 0 saturated carbocycles. The molecule has 1 aliphatic carbocycles. The van der Waals surface area contributed by atoms with Crippen LogP contribution in [-0.2, 0) is 18.7 Å². The van der Waals surface area contributed by atoms with Gasteiger partial charge in [0.15, 0.2) is 11.9 Å². The first-order chi connectivity index (χ1) is 17.0. The zero-order valence-electron chi connectivity index (χ0n) is 21.7. The molecule has 0 unspecified atom stereocenters. The molecular formula is C29H36O6Si. The molecule has 2 heterocycles. The second-order valence-electron chi connectivity index (χ2n) is 11.8. The SMILES string of the molecule is CC1(C)O[C@@H]2C(CO[Si](c3ccccc3)(c3ccccc3)C(C)(C)C)=C(CO)C(=O)[C@H]3O[C@]32C[C@H]1O. The van der Waals surface area contributed by atoms with Gasteiger partial charge in [0.25, 0.3) is 8.32 Å². The second-order valence-corrected chi connectivity index (χ2v) is 16.1. The van der Waals surface area contributed by atoms with E-state index in [0.717, 1.165) is 10.4 Å². The van der Waals surface area contributed by atoms with Crippen molar-refractivity contribution in [3.05, 3.63) is 71.8 Å². The monoisotopic (exact) mass is 508 g/mol. The first kappa shape index (κ1) is 25.5. The molecule has 6 nitrogen and oxygen atoms in total. The zero-order valence-corrected chi connectivity index (χ0v) is 22.7. The summed E-state index contributed by atoms with van der Waals surface area (Å²) in [5, 5.41) is 23.0. The van der Waals surface area contributed by atoms with Crippen molar-refractivity contribution in [2.75, 3.05) is 13.2 Å². The summed E-state index contributed by atoms with van der Waals surface area (Å²) >= 11 is 0. The lowest BCUT2D eigenvalue weighted by Gasteiger charge is -2.47. The highest BCUT2D eigenvalue weighted by Crippen LogP contribution is 2.56. The molecule has 2 fully saturated rings. The number of aliphatic hydroxyl groups excluding tert-OH is 2. The van der Waals surface area contributed by atoms with E-state index in [4.69, 9.17) is 13.9 Å². The summed E-state index contributed by atoms with van der Waals surface area (Å²) in [5.41, 5.74) is -0.780. The summed E-state index contributed by atoms with van der Waals surface area (Å²) < 4.78 is 19.5. The van der Waals surface area contributed by atoms with Crippen molar-refractivity contribution in [1.82, 2.24) is 0 Å². The van der Waals surface area contributed by atoms with Crippen molar-refractivity contribution < 1.29 is 28.9 Å². The number of epoxide rings is 1. The Morgan fingerprint density at radius 3 is 2.03 bits per heavy atom. The van der Waals surface area contributed by atoms with Crippen LogP contribution in [0.4, 0.5) is 0 Å². The quantitative estimate of drug-likeness (QED) is 0.461. The van der Waals surface area contributed by atoms with Crippen LogP contribution in [0.3, 0.4) is 0 Å². The summed E-state index contributed by atoms with van der Waals surface area (Å²) in [7, 11) is -2.89. The minimum absolute atomic E-state index is 0.129. The third-order valence-electron chi connectivity index (χ3n) is 8.16. The van der Waals surface area contributed by atoms with E-state index in [-0.39, 0.29) is 17.4 Å². The Morgan fingerprint density at radius 2 is 1.53 bits per heavy atom. The van der Waals surface area contributed by atoms with Crippen molar-refractivity contribution in [3.63, 3.8) is 0 Å². The summed E-state index contributed by atoms with van der Waals surface area (Å²) in [5.74, 6) is -0.231. The van der Waals surface area contributed by atoms with Gasteiger partial charge in [-0.2, -0.15) is 0 Å². The lowest BCUT2D eigenvalue weighted by Crippen LogP contribution is -2.67. The second kappa shape index (κ2) is 8.72. The van der Waals surface area contributed by atoms with E-state index in [1.54, 1.807) is 0 Å². The first-order valence-corrected chi connectivity index (χ1v) is 14.5. The van der Waals surface area contributed by atoms with E-state index in [9.17, 15) is 15.0 Å². The first-order valence-electron chi connectivity index (χ1n) is 12.6. The van der Waals surface area contributed by atoms with Gasteiger partial charge in [-0.1, -0.05) is 81.4 Å². The molecule has 2 N–H and O–H groups in total. The van der Waals surface area contributed by atoms with Crippen LogP contribution in [0, 0.1) is 0 Å². The van der Waals surface area contributed by atoms with Gasteiger partial charge in [-0.25, -0.2) is 0 Å². The van der Waals surface area contributed by atoms with Crippen LogP contribution in [0.25, 0.3) is 0 Å². The summed E-state index contributed by atoms with van der Waals surface area (Å²) in [6.07, 6.45) is -1.71. The van der Waals surface area contributed by atoms with E-state index < -0.39 is 44.4 Å². The third-order valence-corrected chi connectivity index (χ3v) is 13.1. The number of benzene rings is 2. The van der Waals surface area contributed by atoms with Crippen LogP contribution in [0.15, 0.2) is 71.8 Å². The van der Waals surface area contributed by atoms with Crippen molar-refractivity contribution in [2.24, 2.45) is 0 Å². The van der Waals surface area contributed by atoms with Crippen LogP contribution < -0.4 is 10.4 Å². The van der Waals surface area contributed by atoms with Gasteiger partial charge in [0.05, 0.1) is 24.9 Å². The number of hydrogen-bond acceptors (Lipinski definition) is 6. The fourth-order valence-corrected chi connectivity index (χ4v) is 10.6. The molecule has 2 aliphatic heterocycles. The molecule has 192 valence electrons. The highest BCUT2D eigenvalue weighted by atomic mass is 28.4. The highest BCUT2D eigenvalue weighted by molar-refractivity contribution is 6.99. The van der Waals surface area contributed by atoms with Crippen LogP contribution in [0.2, 0.25) is 5.04 Å². The number of hydrogen-bond donors (Lipinski definition) is 2. The Kier molecular flexibility index (Phi) is 6.18. The van der Waals surface area contributed by atoms with Crippen LogP contribution >= 0.6 is 0 Å². The lowest BCUT2D eigenvalue weighted by molar-refractivity contribution is -0.189. The molecule has 3 aliphatic rings. The third kappa shape index (κ3) is 3.76. The number of Topliss-reactive ketones (excluding diaryl/α,β-unsaturated/α-hetero) is 1. The standard InChI is InChI=1S/C29H36O6Si/c1-27(2,3)36(19-12-8-6-9-13-19,20-14-10-7-11-15-20)33-18-22-21(17-30)24(32)26-29(35-26)16-23(31)28(4,5)34-25(22)29/h6-15,23,25-26,30-31H,16-18H2,1-5H3/t23-,25-,26-,29+/m1/s1. The van der Waals surface area contributed by atoms with Crippen molar-refractivity contribution >= 4 is 24.5 Å². The van der Waals surface area contributed by atoms with E-state index in [2.05, 4.69) is 45.0 Å². The number of ether oxygens (including phenoxy) is 2. The summed E-state index contributed by atoms with van der Waals surface area (Å²) in [6, 6.07) is 20.6. The van der Waals surface area contributed by atoms with Gasteiger partial charge in [0, 0.05) is 12.0 Å². The Hall–Kier alpha value is -2.13. The Morgan fingerprint density at radius 1 is 0.972 bits per heavy atom. The van der Waals surface area contributed by atoms with Gasteiger partial charge < -0.3 is 24.1 Å². The zero-order chi connectivity index (χ0) is 25.9. The summed E-state index contributed by atoms with van der Waals surface area (Å²) in [6.45, 7) is 10.0. The molecule has 2 aromatic rings. The average molecular weight is 509 g/mol. The lowest BCUT2D eigenvalue weighted by atomic mass is 9.73. The molecule has 2 aromatic carbocycles. The smallest absolute Gasteiger partial charge is 0.261 e. The fourth-order valence-electron chi connectivity index (χ4n) is 6.08. The Labute approximate surface area is 214 Å². The predicted octanol–water partition coefficient (Wildman–Crippen LogP) is 2.50. The molecule has 36 heavy (non-hydrogen) atoms. The van der Waals surface area contributed by atoms with Crippen molar-refractivity contribution in [2.45, 2.75) is 75.6 Å². The molecule has 4 atom stereocenters. The number of carbonyl (C=O) groups is 1. The average Bonchev–Trinajstić information content (AvgIpc) is 3.57. The molecule has 7 heteroatoms. The molecule has 2 saturated heterocycles. The molecular weight excluding hydrogens is 472 g/mol. The van der Waals surface area contributed by atoms with Crippen molar-refractivity contribution in [3.8, 4) is 0 Å². The van der Waals surface area contributed by atoms with Crippen LogP contribution in [-0.4, -0.2) is 67.0 Å². The van der Waals surface area contributed by atoms with Gasteiger partial charge in [-0.05, 0) is 34.8 Å². The Bertz CT molecular complexity index is 1130. The van der Waals surface area contributed by atoms with Crippen LogP contribution in [0.5, 0.6) is 0 Å². The molecule has 0 radical (unpaired) electrons. The Balaban J connectivity index is 1.61. The fraction of sp³-hybridized carbons (Fsp3) is 0.483. The van der Waals surface area contributed by atoms with Gasteiger partial charge >= 0.3 is 0 Å². The topological polar surface area (TPSA) is 88.5 Å². The van der Waals surface area contributed by atoms with Gasteiger partial charge in [-0.15, -0.1) is 0 Å². The number of carbonyl (C=O) groups excluding carboxylic acids is 1. The van der Waals surface area contributed by atoms with E-state index in [0.29, 0.717) is 17.6 Å². The molecule has 0 amide bonds. The van der Waals surface area contributed by atoms with E-state index in [1.165, 1.54) is 0 Å². The maximum absolute atomic E-state index is 13.3. The largest absolute Gasteiger partial charge is 0.403 e. The van der Waals surface area contributed by atoms with Crippen molar-refractivity contribution in [1.29, 1.82) is 0 Å². The molecule has 5 rings (SSSR count). The maximum atomic E-state index is 13.3. The summed E-state index contributed by atoms with van der Waals surface area (Å²) in [4.78, 5) is 13.3. The van der Waals surface area contributed by atoms with Gasteiger partial charge in [-0.3, -0.25) is 4.79 Å². The van der Waals surface area contributed by atoms with Gasteiger partial charge in [0.2, 0.25) is 0 Å². The molecule has 0 bridgehead atoms. The molecule has 0 aromatic heterocycles. The van der Waals surface area contributed by atoms with Crippen LogP contribution in [0.1, 0.15) is 41.0 Å². The van der Waals surface area contributed by atoms with Gasteiger partial charge in [0.1, 0.15) is 11.7 Å². The number of ketones is 1. The maximum Gasteiger partial charge on any atom is 0.261 e. The number of rotatable bonds is 6. The minimum Gasteiger partial charge on any atom is -0.403 e. The minimum atomic E-state index is -2.89. The highest BCUT2D eigenvalue weighted by Gasteiger charge is 2.73. The van der Waals surface area contributed by atoms with E-state index in [1.807, 2.05) is 50.2 Å².